The fourth-order valence-corrected chi connectivity index (χ4v) is 3.39. The van der Waals surface area contributed by atoms with Crippen molar-refractivity contribution < 1.29 is 19.4 Å². The highest BCUT2D eigenvalue weighted by molar-refractivity contribution is 6.35. The predicted octanol–water partition coefficient (Wildman–Crippen LogP) is 2.88. The quantitative estimate of drug-likeness (QED) is 0.877. The third-order valence-corrected chi connectivity index (χ3v) is 4.75. The summed E-state index contributed by atoms with van der Waals surface area (Å²) in [6, 6.07) is 4.99. The Morgan fingerprint density at radius 1 is 1.39 bits per heavy atom. The Bertz CT molecular complexity index is 604. The Morgan fingerprint density at radius 2 is 2.13 bits per heavy atom. The summed E-state index contributed by atoms with van der Waals surface area (Å²) >= 11 is 11.9. The molecule has 1 fully saturated rings. The Morgan fingerprint density at radius 3 is 2.74 bits per heavy atom. The van der Waals surface area contributed by atoms with E-state index in [1.165, 1.54) is 7.11 Å². The first-order valence-electron chi connectivity index (χ1n) is 7.32. The Balaban J connectivity index is 2.11. The van der Waals surface area contributed by atoms with E-state index in [2.05, 4.69) is 0 Å². The molecule has 5 nitrogen and oxygen atoms in total. The molecular weight excluding hydrogens is 341 g/mol. The number of nitrogens with zero attached hydrogens (tertiary/aromatic N) is 1. The average Bonchev–Trinajstić information content (AvgIpc) is 2.50. The van der Waals surface area contributed by atoms with Gasteiger partial charge >= 0.3 is 5.97 Å². The van der Waals surface area contributed by atoms with Crippen molar-refractivity contribution in [3.63, 3.8) is 0 Å². The van der Waals surface area contributed by atoms with Gasteiger partial charge in [0.05, 0.1) is 13.0 Å². The van der Waals surface area contributed by atoms with Gasteiger partial charge in [-0.15, -0.1) is 0 Å². The smallest absolute Gasteiger partial charge is 0.313 e. The molecule has 1 aromatic rings. The van der Waals surface area contributed by atoms with Gasteiger partial charge in [-0.25, -0.2) is 0 Å². The maximum Gasteiger partial charge on any atom is 0.313 e. The lowest BCUT2D eigenvalue weighted by Gasteiger charge is -2.39. The van der Waals surface area contributed by atoms with Crippen LogP contribution in [-0.2, 0) is 20.7 Å². The molecule has 0 bridgehead atoms. The summed E-state index contributed by atoms with van der Waals surface area (Å²) < 4.78 is 5.07. The molecule has 7 heteroatoms. The van der Waals surface area contributed by atoms with Crippen LogP contribution in [0.4, 0.5) is 0 Å². The van der Waals surface area contributed by atoms with Crippen LogP contribution in [0.25, 0.3) is 0 Å². The van der Waals surface area contributed by atoms with Crippen LogP contribution >= 0.6 is 23.2 Å². The van der Waals surface area contributed by atoms with Crippen molar-refractivity contribution in [3.8, 4) is 0 Å². The van der Waals surface area contributed by atoms with Crippen molar-refractivity contribution in [1.82, 2.24) is 4.90 Å². The van der Waals surface area contributed by atoms with Gasteiger partial charge in [-0.3, -0.25) is 9.59 Å². The van der Waals surface area contributed by atoms with E-state index in [0.29, 0.717) is 35.0 Å². The van der Waals surface area contributed by atoms with Crippen molar-refractivity contribution in [1.29, 1.82) is 0 Å². The molecule has 126 valence electrons. The number of rotatable bonds is 5. The van der Waals surface area contributed by atoms with Crippen LogP contribution in [-0.4, -0.2) is 48.7 Å². The molecule has 1 atom stereocenters. The first kappa shape index (κ1) is 18.0. The second-order valence-corrected chi connectivity index (χ2v) is 6.69. The van der Waals surface area contributed by atoms with Crippen LogP contribution in [0.5, 0.6) is 0 Å². The van der Waals surface area contributed by atoms with Gasteiger partial charge in [0.1, 0.15) is 5.41 Å². The number of carbonyl (C=O) groups is 2. The van der Waals surface area contributed by atoms with Crippen molar-refractivity contribution >= 4 is 35.1 Å². The van der Waals surface area contributed by atoms with Gasteiger partial charge in [-0.1, -0.05) is 29.3 Å². The third kappa shape index (κ3) is 4.16. The summed E-state index contributed by atoms with van der Waals surface area (Å²) in [5, 5.41) is 10.5. The number of carboxylic acid groups (broad SMARTS) is 1. The van der Waals surface area contributed by atoms with Crippen molar-refractivity contribution in [2.24, 2.45) is 5.41 Å². The third-order valence-electron chi connectivity index (χ3n) is 4.16. The van der Waals surface area contributed by atoms with E-state index in [1.807, 2.05) is 0 Å². The molecule has 0 aromatic heterocycles. The zero-order valence-corrected chi connectivity index (χ0v) is 14.4. The van der Waals surface area contributed by atoms with Crippen LogP contribution in [0.15, 0.2) is 18.2 Å². The lowest BCUT2D eigenvalue weighted by Crippen LogP contribution is -2.52. The molecule has 1 aliphatic heterocycles. The van der Waals surface area contributed by atoms with Crippen LogP contribution in [0.1, 0.15) is 18.4 Å². The van der Waals surface area contributed by atoms with E-state index in [4.69, 9.17) is 27.9 Å². The van der Waals surface area contributed by atoms with Gasteiger partial charge in [0, 0.05) is 30.2 Å². The van der Waals surface area contributed by atoms with Gasteiger partial charge in [-0.2, -0.15) is 0 Å². The van der Waals surface area contributed by atoms with Crippen molar-refractivity contribution in [2.45, 2.75) is 19.3 Å². The van der Waals surface area contributed by atoms with E-state index >= 15 is 0 Å². The number of hydrogen-bond acceptors (Lipinski definition) is 3. The average molecular weight is 360 g/mol. The lowest BCUT2D eigenvalue weighted by atomic mass is 9.80. The van der Waals surface area contributed by atoms with Crippen molar-refractivity contribution in [3.05, 3.63) is 33.8 Å². The molecule has 0 saturated carbocycles. The zero-order valence-electron chi connectivity index (χ0n) is 12.8. The molecule has 1 unspecified atom stereocenters. The number of carboxylic acids is 1. The number of piperidine rings is 1. The van der Waals surface area contributed by atoms with Crippen LogP contribution in [0, 0.1) is 5.41 Å². The van der Waals surface area contributed by atoms with Gasteiger partial charge in [0.15, 0.2) is 0 Å². The van der Waals surface area contributed by atoms with E-state index in [9.17, 15) is 14.7 Å². The summed E-state index contributed by atoms with van der Waals surface area (Å²) in [4.78, 5) is 25.7. The maximum absolute atomic E-state index is 12.5. The zero-order chi connectivity index (χ0) is 17.0. The largest absolute Gasteiger partial charge is 0.481 e. The summed E-state index contributed by atoms with van der Waals surface area (Å²) in [5.41, 5.74) is -0.355. The molecular formula is C16H19Cl2NO4. The van der Waals surface area contributed by atoms with Crippen LogP contribution < -0.4 is 0 Å². The minimum atomic E-state index is -1.04. The molecule has 2 rings (SSSR count). The Hall–Kier alpha value is -1.30. The van der Waals surface area contributed by atoms with Crippen LogP contribution in [0.2, 0.25) is 10.0 Å². The minimum absolute atomic E-state index is 0.0911. The molecule has 0 spiro atoms. The fourth-order valence-electron chi connectivity index (χ4n) is 2.91. The van der Waals surface area contributed by atoms with Crippen LogP contribution in [0.3, 0.4) is 0 Å². The number of amides is 1. The summed E-state index contributed by atoms with van der Waals surface area (Å²) in [5.74, 6) is -1.07. The number of aliphatic carboxylic acids is 1. The molecule has 1 N–H and O–H groups in total. The first-order valence-corrected chi connectivity index (χ1v) is 8.07. The highest BCUT2D eigenvalue weighted by Crippen LogP contribution is 2.31. The highest BCUT2D eigenvalue weighted by Gasteiger charge is 2.43. The summed E-state index contributed by atoms with van der Waals surface area (Å²) in [7, 11) is 1.47. The van der Waals surface area contributed by atoms with E-state index in [0.717, 1.165) is 0 Å². The van der Waals surface area contributed by atoms with Gasteiger partial charge in [-0.05, 0) is 30.5 Å². The Kier molecular flexibility index (Phi) is 5.89. The van der Waals surface area contributed by atoms with Gasteiger partial charge in [0.25, 0.3) is 0 Å². The lowest BCUT2D eigenvalue weighted by molar-refractivity contribution is -0.159. The second-order valence-electron chi connectivity index (χ2n) is 5.85. The highest BCUT2D eigenvalue weighted by atomic mass is 35.5. The molecule has 1 amide bonds. The number of ether oxygens (including phenoxy) is 1. The van der Waals surface area contributed by atoms with E-state index < -0.39 is 11.4 Å². The van der Waals surface area contributed by atoms with Gasteiger partial charge in [0.2, 0.25) is 5.91 Å². The maximum atomic E-state index is 12.5. The minimum Gasteiger partial charge on any atom is -0.481 e. The molecule has 1 aromatic carbocycles. The molecule has 1 saturated heterocycles. The number of carbonyl (C=O) groups excluding carboxylic acids is 1. The number of hydrogen-bond donors (Lipinski definition) is 1. The number of halogens is 2. The topological polar surface area (TPSA) is 66.8 Å². The normalized spacial score (nSPS) is 21.3. The molecule has 1 aliphatic rings. The van der Waals surface area contributed by atoms with Gasteiger partial charge < -0.3 is 14.7 Å². The van der Waals surface area contributed by atoms with E-state index in [1.54, 1.807) is 23.1 Å². The number of methoxy groups -OCH3 is 1. The number of benzene rings is 1. The monoisotopic (exact) mass is 359 g/mol. The van der Waals surface area contributed by atoms with E-state index in [-0.39, 0.29) is 25.5 Å². The molecule has 0 aliphatic carbocycles. The molecule has 23 heavy (non-hydrogen) atoms. The summed E-state index contributed by atoms with van der Waals surface area (Å²) in [6.45, 7) is 0.789. The fraction of sp³-hybridized carbons (Fsp3) is 0.500. The molecule has 0 radical (unpaired) electrons. The summed E-state index contributed by atoms with van der Waals surface area (Å²) in [6.07, 6.45) is 1.26. The first-order chi connectivity index (χ1) is 10.9. The predicted molar refractivity (Wildman–Crippen MR) is 87.9 cm³/mol. The second kappa shape index (κ2) is 7.51. The Labute approximate surface area is 145 Å². The van der Waals surface area contributed by atoms with Crippen molar-refractivity contribution in [2.75, 3.05) is 26.8 Å². The number of likely N-dealkylation sites (tertiary alicyclic amines) is 1. The standard InChI is InChI=1S/C16H19Cl2NO4/c1-23-10-16(15(21)22)5-2-6-19(9-16)14(20)7-11-3-4-12(17)8-13(11)18/h3-4,8H,2,5-7,9-10H2,1H3,(H,21,22). The SMILES string of the molecule is COCC1(C(=O)O)CCCN(C(=O)Cc2ccc(Cl)cc2Cl)C1. The molecule has 1 heterocycles.